The summed E-state index contributed by atoms with van der Waals surface area (Å²) < 4.78 is 1.28. The lowest BCUT2D eigenvalue weighted by Crippen LogP contribution is -2.16. The highest BCUT2D eigenvalue weighted by atomic mass is 32.1. The lowest BCUT2D eigenvalue weighted by Gasteiger charge is -2.21. The second kappa shape index (κ2) is 4.48. The molecule has 1 N–H and O–H groups in total. The van der Waals surface area contributed by atoms with E-state index < -0.39 is 5.60 Å². The van der Waals surface area contributed by atoms with Crippen LogP contribution in [0.2, 0.25) is 0 Å². The summed E-state index contributed by atoms with van der Waals surface area (Å²) in [5.74, 6) is 0. The Bertz CT molecular complexity index is 686. The predicted octanol–water partition coefficient (Wildman–Crippen LogP) is 4.80. The van der Waals surface area contributed by atoms with Gasteiger partial charge in [-0.3, -0.25) is 0 Å². The standard InChI is InChI=1S/C17H16OS/c1-17(2,18)14-9-5-4-8-13(14)16-11-12-7-3-6-10-15(12)19-16/h3-11,18H,1-2H3. The summed E-state index contributed by atoms with van der Waals surface area (Å²) in [4.78, 5) is 1.21. The molecule has 2 aromatic carbocycles. The molecular weight excluding hydrogens is 252 g/mol. The minimum atomic E-state index is -0.827. The molecule has 0 atom stereocenters. The highest BCUT2D eigenvalue weighted by Gasteiger charge is 2.20. The van der Waals surface area contributed by atoms with Crippen molar-refractivity contribution in [3.05, 3.63) is 60.2 Å². The van der Waals surface area contributed by atoms with Gasteiger partial charge in [0.1, 0.15) is 0 Å². The van der Waals surface area contributed by atoms with Gasteiger partial charge in [0.15, 0.2) is 0 Å². The third kappa shape index (κ3) is 2.29. The van der Waals surface area contributed by atoms with Crippen LogP contribution in [0.1, 0.15) is 19.4 Å². The summed E-state index contributed by atoms with van der Waals surface area (Å²) in [7, 11) is 0. The molecule has 0 radical (unpaired) electrons. The summed E-state index contributed by atoms with van der Waals surface area (Å²) >= 11 is 1.77. The summed E-state index contributed by atoms with van der Waals surface area (Å²) in [6.45, 7) is 3.66. The number of hydrogen-bond acceptors (Lipinski definition) is 2. The summed E-state index contributed by atoms with van der Waals surface area (Å²) in [5.41, 5.74) is 1.27. The molecule has 0 aliphatic rings. The van der Waals surface area contributed by atoms with Crippen molar-refractivity contribution in [1.82, 2.24) is 0 Å². The van der Waals surface area contributed by atoms with Gasteiger partial charge in [0.25, 0.3) is 0 Å². The van der Waals surface area contributed by atoms with Crippen molar-refractivity contribution in [2.45, 2.75) is 19.4 Å². The molecule has 0 spiro atoms. The highest BCUT2D eigenvalue weighted by Crippen LogP contribution is 2.38. The van der Waals surface area contributed by atoms with Crippen molar-refractivity contribution >= 4 is 21.4 Å². The molecule has 2 heteroatoms. The Morgan fingerprint density at radius 3 is 2.37 bits per heavy atom. The Morgan fingerprint density at radius 2 is 1.63 bits per heavy atom. The predicted molar refractivity (Wildman–Crippen MR) is 82.5 cm³/mol. The second-order valence-corrected chi connectivity index (χ2v) is 6.34. The number of thiophene rings is 1. The smallest absolute Gasteiger partial charge is 0.0846 e. The van der Waals surface area contributed by atoms with Crippen LogP contribution in [0.5, 0.6) is 0 Å². The molecular formula is C17H16OS. The third-order valence-electron chi connectivity index (χ3n) is 3.28. The molecule has 3 rings (SSSR count). The Labute approximate surface area is 117 Å². The van der Waals surface area contributed by atoms with E-state index in [-0.39, 0.29) is 0 Å². The fourth-order valence-corrected chi connectivity index (χ4v) is 3.45. The van der Waals surface area contributed by atoms with Crippen LogP contribution in [-0.2, 0) is 5.60 Å². The Hall–Kier alpha value is -1.64. The summed E-state index contributed by atoms with van der Waals surface area (Å²) in [6.07, 6.45) is 0. The molecule has 0 bridgehead atoms. The zero-order valence-corrected chi connectivity index (χ0v) is 11.9. The molecule has 1 aromatic heterocycles. The van der Waals surface area contributed by atoms with Crippen LogP contribution in [0.3, 0.4) is 0 Å². The van der Waals surface area contributed by atoms with E-state index in [0.29, 0.717) is 0 Å². The van der Waals surface area contributed by atoms with Crippen molar-refractivity contribution in [3.8, 4) is 10.4 Å². The van der Waals surface area contributed by atoms with Crippen LogP contribution in [0.25, 0.3) is 20.5 Å². The van der Waals surface area contributed by atoms with Crippen LogP contribution in [0.15, 0.2) is 54.6 Å². The average Bonchev–Trinajstić information content (AvgIpc) is 2.81. The fraction of sp³-hybridized carbons (Fsp3) is 0.176. The van der Waals surface area contributed by atoms with E-state index in [1.807, 2.05) is 32.0 Å². The molecule has 0 unspecified atom stereocenters. The third-order valence-corrected chi connectivity index (χ3v) is 4.43. The number of aliphatic hydroxyl groups is 1. The number of rotatable bonds is 2. The molecule has 0 saturated carbocycles. The molecule has 0 aliphatic carbocycles. The maximum Gasteiger partial charge on any atom is 0.0846 e. The van der Waals surface area contributed by atoms with Gasteiger partial charge in [-0.05, 0) is 42.5 Å². The molecule has 3 aromatic rings. The van der Waals surface area contributed by atoms with E-state index in [1.54, 1.807) is 11.3 Å². The van der Waals surface area contributed by atoms with Gasteiger partial charge in [-0.15, -0.1) is 11.3 Å². The van der Waals surface area contributed by atoms with Crippen LogP contribution >= 0.6 is 11.3 Å². The first kappa shape index (κ1) is 12.4. The first-order valence-corrected chi connectivity index (χ1v) is 7.18. The van der Waals surface area contributed by atoms with Gasteiger partial charge in [-0.1, -0.05) is 42.5 Å². The van der Waals surface area contributed by atoms with Gasteiger partial charge in [0.2, 0.25) is 0 Å². The average molecular weight is 268 g/mol. The minimum absolute atomic E-state index is 0.827. The molecule has 19 heavy (non-hydrogen) atoms. The van der Waals surface area contributed by atoms with Crippen molar-refractivity contribution < 1.29 is 5.11 Å². The molecule has 0 saturated heterocycles. The zero-order valence-electron chi connectivity index (χ0n) is 11.1. The van der Waals surface area contributed by atoms with E-state index in [0.717, 1.165) is 11.1 Å². The van der Waals surface area contributed by atoms with Crippen LogP contribution < -0.4 is 0 Å². The quantitative estimate of drug-likeness (QED) is 0.708. The Kier molecular flexibility index (Phi) is 2.92. The van der Waals surface area contributed by atoms with Gasteiger partial charge < -0.3 is 5.11 Å². The van der Waals surface area contributed by atoms with Gasteiger partial charge in [0.05, 0.1) is 5.60 Å². The molecule has 0 fully saturated rings. The zero-order chi connectivity index (χ0) is 13.5. The lowest BCUT2D eigenvalue weighted by molar-refractivity contribution is 0.0792. The first-order chi connectivity index (χ1) is 9.05. The number of hydrogen-bond donors (Lipinski definition) is 1. The molecule has 0 aliphatic heterocycles. The molecule has 1 heterocycles. The maximum atomic E-state index is 10.3. The topological polar surface area (TPSA) is 20.2 Å². The van der Waals surface area contributed by atoms with Gasteiger partial charge in [-0.25, -0.2) is 0 Å². The monoisotopic (exact) mass is 268 g/mol. The summed E-state index contributed by atoms with van der Waals surface area (Å²) in [6, 6.07) is 18.7. The number of benzene rings is 2. The van der Waals surface area contributed by atoms with Crippen molar-refractivity contribution in [1.29, 1.82) is 0 Å². The van der Waals surface area contributed by atoms with Crippen molar-refractivity contribution in [2.75, 3.05) is 0 Å². The number of fused-ring (bicyclic) bond motifs is 1. The largest absolute Gasteiger partial charge is 0.386 e. The molecule has 0 amide bonds. The van der Waals surface area contributed by atoms with Gasteiger partial charge in [0, 0.05) is 9.58 Å². The van der Waals surface area contributed by atoms with E-state index in [2.05, 4.69) is 36.4 Å². The summed E-state index contributed by atoms with van der Waals surface area (Å²) in [5, 5.41) is 11.6. The van der Waals surface area contributed by atoms with E-state index >= 15 is 0 Å². The molecule has 96 valence electrons. The van der Waals surface area contributed by atoms with Gasteiger partial charge >= 0.3 is 0 Å². The van der Waals surface area contributed by atoms with Crippen molar-refractivity contribution in [2.24, 2.45) is 0 Å². The van der Waals surface area contributed by atoms with E-state index in [9.17, 15) is 5.11 Å². The Balaban J connectivity index is 2.22. The lowest BCUT2D eigenvalue weighted by atomic mass is 9.92. The molecule has 1 nitrogen and oxygen atoms in total. The van der Waals surface area contributed by atoms with Crippen LogP contribution in [0, 0.1) is 0 Å². The Morgan fingerprint density at radius 1 is 0.947 bits per heavy atom. The van der Waals surface area contributed by atoms with Crippen molar-refractivity contribution in [3.63, 3.8) is 0 Å². The normalized spacial score (nSPS) is 11.9. The van der Waals surface area contributed by atoms with Gasteiger partial charge in [-0.2, -0.15) is 0 Å². The van der Waals surface area contributed by atoms with E-state index in [1.165, 1.54) is 15.0 Å². The van der Waals surface area contributed by atoms with Crippen LogP contribution in [0.4, 0.5) is 0 Å². The second-order valence-electron chi connectivity index (χ2n) is 5.25. The van der Waals surface area contributed by atoms with E-state index in [4.69, 9.17) is 0 Å². The fourth-order valence-electron chi connectivity index (χ4n) is 2.35. The first-order valence-electron chi connectivity index (χ1n) is 6.36. The van der Waals surface area contributed by atoms with Crippen LogP contribution in [-0.4, -0.2) is 5.11 Å². The maximum absolute atomic E-state index is 10.3. The highest BCUT2D eigenvalue weighted by molar-refractivity contribution is 7.22. The SMILES string of the molecule is CC(C)(O)c1ccccc1-c1cc2ccccc2s1. The minimum Gasteiger partial charge on any atom is -0.386 e.